The summed E-state index contributed by atoms with van der Waals surface area (Å²) >= 11 is 0. The minimum absolute atomic E-state index is 0.371. The van der Waals surface area contributed by atoms with Crippen LogP contribution in [-0.2, 0) is 24.4 Å². The van der Waals surface area contributed by atoms with Crippen molar-refractivity contribution in [3.05, 3.63) is 41.6 Å². The third-order valence-corrected chi connectivity index (χ3v) is 4.13. The molecule has 0 saturated carbocycles. The van der Waals surface area contributed by atoms with E-state index in [1.807, 2.05) is 12.3 Å². The number of aryl methyl sites for hydroxylation is 1. The molecule has 2 aromatic rings. The Balaban J connectivity index is 1.72. The van der Waals surface area contributed by atoms with Crippen molar-refractivity contribution in [2.75, 3.05) is 13.7 Å². The molecule has 1 aliphatic rings. The van der Waals surface area contributed by atoms with Crippen molar-refractivity contribution in [2.45, 2.75) is 45.5 Å². The maximum absolute atomic E-state index is 5.92. The second-order valence-electron chi connectivity index (χ2n) is 5.50. The van der Waals surface area contributed by atoms with Crippen LogP contribution >= 0.6 is 0 Å². The fourth-order valence-corrected chi connectivity index (χ4v) is 3.12. The molecule has 0 spiro atoms. The van der Waals surface area contributed by atoms with Crippen molar-refractivity contribution in [1.82, 2.24) is 14.7 Å². The average Bonchev–Trinajstić information content (AvgIpc) is 3.19. The highest BCUT2D eigenvalue weighted by Crippen LogP contribution is 2.34. The van der Waals surface area contributed by atoms with Gasteiger partial charge in [-0.15, -0.1) is 0 Å². The minimum atomic E-state index is 0.371. The van der Waals surface area contributed by atoms with Gasteiger partial charge in [0.2, 0.25) is 0 Å². The van der Waals surface area contributed by atoms with Crippen molar-refractivity contribution in [3.63, 3.8) is 0 Å². The summed E-state index contributed by atoms with van der Waals surface area (Å²) in [6.07, 6.45) is 4.25. The van der Waals surface area contributed by atoms with Gasteiger partial charge in [0, 0.05) is 26.4 Å². The number of hydrogen-bond donors (Lipinski definition) is 0. The molecule has 0 aromatic carbocycles. The van der Waals surface area contributed by atoms with Crippen molar-refractivity contribution in [3.8, 4) is 0 Å². The number of furan rings is 1. The number of ether oxygens (including phenoxy) is 1. The third-order valence-electron chi connectivity index (χ3n) is 4.13. The lowest BCUT2D eigenvalue weighted by Crippen LogP contribution is -2.24. The van der Waals surface area contributed by atoms with E-state index < -0.39 is 0 Å². The predicted octanol–water partition coefficient (Wildman–Crippen LogP) is 2.98. The van der Waals surface area contributed by atoms with Crippen molar-refractivity contribution in [2.24, 2.45) is 0 Å². The summed E-state index contributed by atoms with van der Waals surface area (Å²) in [4.78, 5) is 2.48. The zero-order chi connectivity index (χ0) is 14.7. The van der Waals surface area contributed by atoms with Crippen LogP contribution in [0.5, 0.6) is 0 Å². The average molecular weight is 289 g/mol. The van der Waals surface area contributed by atoms with Crippen LogP contribution in [0.25, 0.3) is 0 Å². The van der Waals surface area contributed by atoms with Gasteiger partial charge in [-0.3, -0.25) is 9.58 Å². The SMILES string of the molecule is CCn1nccc1CN1CCC[C@H]1c1ccc(COC)o1. The summed E-state index contributed by atoms with van der Waals surface area (Å²) in [6, 6.07) is 6.59. The molecule has 3 heterocycles. The summed E-state index contributed by atoms with van der Waals surface area (Å²) in [5, 5.41) is 4.35. The molecule has 0 N–H and O–H groups in total. The highest BCUT2D eigenvalue weighted by atomic mass is 16.5. The molecule has 114 valence electrons. The molecule has 0 radical (unpaired) electrons. The summed E-state index contributed by atoms with van der Waals surface area (Å²) < 4.78 is 13.1. The quantitative estimate of drug-likeness (QED) is 0.820. The van der Waals surface area contributed by atoms with Gasteiger partial charge < -0.3 is 9.15 Å². The van der Waals surface area contributed by atoms with E-state index in [-0.39, 0.29) is 0 Å². The van der Waals surface area contributed by atoms with E-state index in [1.54, 1.807) is 7.11 Å². The van der Waals surface area contributed by atoms with E-state index in [0.29, 0.717) is 12.6 Å². The number of likely N-dealkylation sites (tertiary alicyclic amines) is 1. The molecule has 5 heteroatoms. The van der Waals surface area contributed by atoms with Gasteiger partial charge in [0.1, 0.15) is 18.1 Å². The lowest BCUT2D eigenvalue weighted by molar-refractivity contribution is 0.155. The Morgan fingerprint density at radius 3 is 3.10 bits per heavy atom. The summed E-state index contributed by atoms with van der Waals surface area (Å²) in [5.41, 5.74) is 1.27. The number of rotatable bonds is 6. The van der Waals surface area contributed by atoms with Gasteiger partial charge in [-0.2, -0.15) is 5.10 Å². The first-order valence-electron chi connectivity index (χ1n) is 7.64. The molecule has 1 saturated heterocycles. The van der Waals surface area contributed by atoms with Crippen LogP contribution in [0.4, 0.5) is 0 Å². The zero-order valence-corrected chi connectivity index (χ0v) is 12.8. The van der Waals surface area contributed by atoms with Gasteiger partial charge in [-0.05, 0) is 44.5 Å². The van der Waals surface area contributed by atoms with Gasteiger partial charge in [0.05, 0.1) is 11.7 Å². The Morgan fingerprint density at radius 1 is 1.38 bits per heavy atom. The molecule has 5 nitrogen and oxygen atoms in total. The lowest BCUT2D eigenvalue weighted by Gasteiger charge is -2.23. The molecule has 21 heavy (non-hydrogen) atoms. The van der Waals surface area contributed by atoms with Crippen molar-refractivity contribution in [1.29, 1.82) is 0 Å². The van der Waals surface area contributed by atoms with Crippen molar-refractivity contribution < 1.29 is 9.15 Å². The number of nitrogens with zero attached hydrogens (tertiary/aromatic N) is 3. The lowest BCUT2D eigenvalue weighted by atomic mass is 10.1. The van der Waals surface area contributed by atoms with E-state index >= 15 is 0 Å². The van der Waals surface area contributed by atoms with E-state index in [9.17, 15) is 0 Å². The first-order chi connectivity index (χ1) is 10.3. The molecule has 1 aliphatic heterocycles. The fourth-order valence-electron chi connectivity index (χ4n) is 3.12. The number of aromatic nitrogens is 2. The summed E-state index contributed by atoms with van der Waals surface area (Å²) in [6.45, 7) is 5.62. The smallest absolute Gasteiger partial charge is 0.129 e. The molecule has 0 bridgehead atoms. The van der Waals surface area contributed by atoms with Gasteiger partial charge in [-0.25, -0.2) is 0 Å². The van der Waals surface area contributed by atoms with Gasteiger partial charge in [0.15, 0.2) is 0 Å². The summed E-state index contributed by atoms with van der Waals surface area (Å²) in [7, 11) is 1.69. The molecular weight excluding hydrogens is 266 g/mol. The van der Waals surface area contributed by atoms with Crippen LogP contribution in [0.3, 0.4) is 0 Å². The second kappa shape index (κ2) is 6.45. The monoisotopic (exact) mass is 289 g/mol. The van der Waals surface area contributed by atoms with E-state index in [4.69, 9.17) is 9.15 Å². The Morgan fingerprint density at radius 2 is 2.29 bits per heavy atom. The van der Waals surface area contributed by atoms with E-state index in [2.05, 4.69) is 33.7 Å². The largest absolute Gasteiger partial charge is 0.462 e. The van der Waals surface area contributed by atoms with Crippen LogP contribution in [0.1, 0.15) is 43.0 Å². The minimum Gasteiger partial charge on any atom is -0.462 e. The molecule has 0 amide bonds. The van der Waals surface area contributed by atoms with Gasteiger partial charge in [-0.1, -0.05) is 0 Å². The van der Waals surface area contributed by atoms with E-state index in [0.717, 1.165) is 37.6 Å². The number of hydrogen-bond acceptors (Lipinski definition) is 4. The van der Waals surface area contributed by atoms with Gasteiger partial charge >= 0.3 is 0 Å². The highest BCUT2D eigenvalue weighted by molar-refractivity contribution is 5.13. The molecule has 2 aromatic heterocycles. The van der Waals surface area contributed by atoms with Crippen LogP contribution < -0.4 is 0 Å². The fraction of sp³-hybridized carbons (Fsp3) is 0.562. The molecule has 0 aliphatic carbocycles. The van der Waals surface area contributed by atoms with Crippen molar-refractivity contribution >= 4 is 0 Å². The Hall–Kier alpha value is -1.59. The Labute approximate surface area is 125 Å². The molecule has 3 rings (SSSR count). The molecule has 1 atom stereocenters. The normalized spacial score (nSPS) is 19.4. The van der Waals surface area contributed by atoms with Crippen LogP contribution in [0.2, 0.25) is 0 Å². The van der Waals surface area contributed by atoms with Crippen LogP contribution in [0, 0.1) is 0 Å². The second-order valence-corrected chi connectivity index (χ2v) is 5.50. The zero-order valence-electron chi connectivity index (χ0n) is 12.8. The standard InChI is InChI=1S/C16H23N3O2/c1-3-19-13(8-9-17-19)11-18-10-4-5-15(18)16-7-6-14(21-16)12-20-2/h6-9,15H,3-5,10-12H2,1-2H3/t15-/m0/s1. The first-order valence-corrected chi connectivity index (χ1v) is 7.64. The maximum atomic E-state index is 5.92. The third kappa shape index (κ3) is 3.04. The molecule has 0 unspecified atom stereocenters. The molecule has 1 fully saturated rings. The summed E-state index contributed by atoms with van der Waals surface area (Å²) in [5.74, 6) is 1.96. The first kappa shape index (κ1) is 14.4. The Kier molecular flexibility index (Phi) is 4.41. The van der Waals surface area contributed by atoms with E-state index in [1.165, 1.54) is 12.1 Å². The topological polar surface area (TPSA) is 43.4 Å². The predicted molar refractivity (Wildman–Crippen MR) is 79.7 cm³/mol. The van der Waals surface area contributed by atoms with Gasteiger partial charge in [0.25, 0.3) is 0 Å². The van der Waals surface area contributed by atoms with Crippen LogP contribution in [0.15, 0.2) is 28.8 Å². The van der Waals surface area contributed by atoms with Crippen LogP contribution in [-0.4, -0.2) is 28.3 Å². The Bertz CT molecular complexity index is 576. The molecular formula is C16H23N3O2. The maximum Gasteiger partial charge on any atom is 0.129 e. The number of methoxy groups -OCH3 is 1. The highest BCUT2D eigenvalue weighted by Gasteiger charge is 2.29.